The van der Waals surface area contributed by atoms with Gasteiger partial charge in [0, 0.05) is 20.1 Å². The van der Waals surface area contributed by atoms with E-state index < -0.39 is 0 Å². The predicted octanol–water partition coefficient (Wildman–Crippen LogP) is 3.15. The van der Waals surface area contributed by atoms with Crippen LogP contribution in [-0.4, -0.2) is 36.0 Å². The summed E-state index contributed by atoms with van der Waals surface area (Å²) in [5.41, 5.74) is 0. The van der Waals surface area contributed by atoms with Gasteiger partial charge in [-0.25, -0.2) is 0 Å². The Morgan fingerprint density at radius 1 is 1.06 bits per heavy atom. The lowest BCUT2D eigenvalue weighted by atomic mass is 10.2. The minimum atomic E-state index is -0.211. The van der Waals surface area contributed by atoms with Gasteiger partial charge in [-0.1, -0.05) is 39.5 Å². The molecular weight excluding hydrogens is 232 g/mol. The molecule has 0 aliphatic carbocycles. The van der Waals surface area contributed by atoms with E-state index in [1.165, 1.54) is 32.6 Å². The van der Waals surface area contributed by atoms with Gasteiger partial charge in [0.2, 0.25) is 0 Å². The van der Waals surface area contributed by atoms with Crippen LogP contribution >= 0.6 is 0 Å². The van der Waals surface area contributed by atoms with E-state index in [0.29, 0.717) is 6.61 Å². The highest BCUT2D eigenvalue weighted by atomic mass is 16.5. The molecule has 0 amide bonds. The minimum absolute atomic E-state index is 0.167. The summed E-state index contributed by atoms with van der Waals surface area (Å²) in [5.74, 6) is -0.211. The van der Waals surface area contributed by atoms with Crippen LogP contribution in [0.15, 0.2) is 0 Å². The van der Waals surface area contributed by atoms with Crippen LogP contribution in [0.2, 0.25) is 0 Å². The van der Waals surface area contributed by atoms with Gasteiger partial charge in [0.1, 0.15) is 0 Å². The van der Waals surface area contributed by atoms with Crippen molar-refractivity contribution >= 4 is 5.97 Å². The predicted molar refractivity (Wildman–Crippen MR) is 77.6 cm³/mol. The van der Waals surface area contributed by atoms with Crippen LogP contribution in [0.1, 0.15) is 67.2 Å². The zero-order chi connectivity index (χ0) is 15.4. The summed E-state index contributed by atoms with van der Waals surface area (Å²) in [6.45, 7) is 11.6. The highest BCUT2D eigenvalue weighted by molar-refractivity contribution is 5.65. The number of ether oxygens (including phenoxy) is 1. The van der Waals surface area contributed by atoms with Crippen LogP contribution in [0, 0.1) is 0 Å². The van der Waals surface area contributed by atoms with Gasteiger partial charge in [-0.15, -0.1) is 0 Å². The molecule has 0 heterocycles. The summed E-state index contributed by atoms with van der Waals surface area (Å²) in [6, 6.07) is 0. The second kappa shape index (κ2) is 29.9. The summed E-state index contributed by atoms with van der Waals surface area (Å²) in [4.78, 5) is 9.82. The Labute approximate surface area is 113 Å². The minimum Gasteiger partial charge on any atom is -0.466 e. The molecule has 0 saturated carbocycles. The average Bonchev–Trinajstić information content (AvgIpc) is 2.29. The Kier molecular flexibility index (Phi) is 43.3. The molecular formula is C14H34O4. The van der Waals surface area contributed by atoms with Crippen LogP contribution in [0.25, 0.3) is 0 Å². The van der Waals surface area contributed by atoms with Crippen molar-refractivity contribution in [3.05, 3.63) is 0 Å². The fourth-order valence-corrected chi connectivity index (χ4v) is 0.703. The maximum Gasteiger partial charge on any atom is 0.302 e. The summed E-state index contributed by atoms with van der Waals surface area (Å²) >= 11 is 0. The lowest BCUT2D eigenvalue weighted by Gasteiger charge is -1.89. The van der Waals surface area contributed by atoms with Gasteiger partial charge in [-0.05, 0) is 20.8 Å². The van der Waals surface area contributed by atoms with E-state index in [1.807, 2.05) is 0 Å². The zero-order valence-electron chi connectivity index (χ0n) is 13.3. The summed E-state index contributed by atoms with van der Waals surface area (Å²) in [5, 5.41) is 15.1. The molecule has 0 atom stereocenters. The number of unbranched alkanes of at least 4 members (excludes halogenated alkanes) is 3. The van der Waals surface area contributed by atoms with Crippen molar-refractivity contribution < 1.29 is 19.7 Å². The van der Waals surface area contributed by atoms with E-state index in [0.717, 1.165) is 7.11 Å². The Morgan fingerprint density at radius 3 is 1.39 bits per heavy atom. The topological polar surface area (TPSA) is 66.8 Å². The third kappa shape index (κ3) is 110. The number of aliphatic hydroxyl groups is 2. The van der Waals surface area contributed by atoms with E-state index >= 15 is 0 Å². The standard InChI is InChI=1S/C6H14.C4H8O2.C3H8O.CH4O/c1-3-5-6-4-2;1-3-6-4(2)5;1-3(2)4;1-2/h3-6H2,1-2H3;3H2,1-2H3;3-4H,1-2H3;2H,1H3. The molecule has 0 fully saturated rings. The largest absolute Gasteiger partial charge is 0.466 e. The molecule has 0 unspecified atom stereocenters. The lowest BCUT2D eigenvalue weighted by molar-refractivity contribution is -0.140. The molecule has 0 radical (unpaired) electrons. The second-order valence-electron chi connectivity index (χ2n) is 3.73. The molecule has 18 heavy (non-hydrogen) atoms. The fraction of sp³-hybridized carbons (Fsp3) is 0.929. The zero-order valence-corrected chi connectivity index (χ0v) is 13.3. The molecule has 0 aromatic heterocycles. The second-order valence-corrected chi connectivity index (χ2v) is 3.73. The van der Waals surface area contributed by atoms with Gasteiger partial charge < -0.3 is 14.9 Å². The van der Waals surface area contributed by atoms with Gasteiger partial charge >= 0.3 is 5.97 Å². The average molecular weight is 266 g/mol. The lowest BCUT2D eigenvalue weighted by Crippen LogP contribution is -1.95. The number of hydrogen-bond donors (Lipinski definition) is 2. The number of rotatable bonds is 4. The fourth-order valence-electron chi connectivity index (χ4n) is 0.703. The third-order valence-corrected chi connectivity index (χ3v) is 1.30. The number of esters is 1. The highest BCUT2D eigenvalue weighted by Crippen LogP contribution is 1.95. The van der Waals surface area contributed by atoms with E-state index in [1.54, 1.807) is 20.8 Å². The van der Waals surface area contributed by atoms with Crippen molar-refractivity contribution in [2.45, 2.75) is 73.3 Å². The summed E-state index contributed by atoms with van der Waals surface area (Å²) in [7, 11) is 1.00. The van der Waals surface area contributed by atoms with Crippen LogP contribution in [0.5, 0.6) is 0 Å². The van der Waals surface area contributed by atoms with Crippen molar-refractivity contribution in [3.63, 3.8) is 0 Å². The van der Waals surface area contributed by atoms with Gasteiger partial charge in [-0.3, -0.25) is 4.79 Å². The Hall–Kier alpha value is -0.610. The van der Waals surface area contributed by atoms with Crippen molar-refractivity contribution in [3.8, 4) is 0 Å². The summed E-state index contributed by atoms with van der Waals surface area (Å²) < 4.78 is 4.40. The Balaban J connectivity index is -0.0000000777. The molecule has 0 bridgehead atoms. The van der Waals surface area contributed by atoms with Crippen molar-refractivity contribution in [2.24, 2.45) is 0 Å². The van der Waals surface area contributed by atoms with Crippen molar-refractivity contribution in [1.29, 1.82) is 0 Å². The van der Waals surface area contributed by atoms with E-state index in [-0.39, 0.29) is 12.1 Å². The molecule has 0 aromatic carbocycles. The smallest absolute Gasteiger partial charge is 0.302 e. The van der Waals surface area contributed by atoms with Crippen LogP contribution in [0.4, 0.5) is 0 Å². The third-order valence-electron chi connectivity index (χ3n) is 1.30. The normalized spacial score (nSPS) is 7.89. The first-order chi connectivity index (χ1) is 8.42. The Bertz CT molecular complexity index is 118. The molecule has 4 nitrogen and oxygen atoms in total. The van der Waals surface area contributed by atoms with Gasteiger partial charge in [0.05, 0.1) is 6.61 Å². The molecule has 0 aliphatic rings. The molecule has 0 aromatic rings. The number of aliphatic hydroxyl groups excluding tert-OH is 2. The number of carbonyl (C=O) groups is 1. The molecule has 114 valence electrons. The van der Waals surface area contributed by atoms with E-state index in [4.69, 9.17) is 10.2 Å². The molecule has 2 N–H and O–H groups in total. The first kappa shape index (κ1) is 26.1. The number of carbonyl (C=O) groups excluding carboxylic acids is 1. The first-order valence-electron chi connectivity index (χ1n) is 6.68. The van der Waals surface area contributed by atoms with E-state index in [2.05, 4.69) is 18.6 Å². The van der Waals surface area contributed by atoms with Crippen LogP contribution in [0.3, 0.4) is 0 Å². The quantitative estimate of drug-likeness (QED) is 0.606. The Morgan fingerprint density at radius 2 is 1.33 bits per heavy atom. The van der Waals surface area contributed by atoms with Crippen LogP contribution < -0.4 is 0 Å². The van der Waals surface area contributed by atoms with Gasteiger partial charge in [0.25, 0.3) is 0 Å². The first-order valence-corrected chi connectivity index (χ1v) is 6.68. The number of hydrogen-bond acceptors (Lipinski definition) is 4. The molecule has 0 aliphatic heterocycles. The van der Waals surface area contributed by atoms with E-state index in [9.17, 15) is 4.79 Å². The van der Waals surface area contributed by atoms with Gasteiger partial charge in [-0.2, -0.15) is 0 Å². The SMILES string of the molecule is CC(C)O.CCCCCC.CCOC(C)=O.CO. The molecule has 4 heteroatoms. The molecule has 0 spiro atoms. The maximum atomic E-state index is 9.82. The van der Waals surface area contributed by atoms with Crippen molar-refractivity contribution in [1.82, 2.24) is 0 Å². The molecule has 0 rings (SSSR count). The highest BCUT2D eigenvalue weighted by Gasteiger charge is 1.81. The monoisotopic (exact) mass is 266 g/mol. The molecule has 0 saturated heterocycles. The van der Waals surface area contributed by atoms with Crippen LogP contribution in [-0.2, 0) is 9.53 Å². The maximum absolute atomic E-state index is 9.82. The summed E-state index contributed by atoms with van der Waals surface area (Å²) in [6.07, 6.45) is 5.37. The van der Waals surface area contributed by atoms with Gasteiger partial charge in [0.15, 0.2) is 0 Å². The van der Waals surface area contributed by atoms with Crippen molar-refractivity contribution in [2.75, 3.05) is 13.7 Å².